The van der Waals surface area contributed by atoms with Gasteiger partial charge >= 0.3 is 0 Å². The number of nitrogens with zero attached hydrogens (tertiary/aromatic N) is 2. The van der Waals surface area contributed by atoms with Gasteiger partial charge < -0.3 is 10.5 Å². The molecule has 1 aromatic carbocycles. The van der Waals surface area contributed by atoms with Gasteiger partial charge in [0, 0.05) is 18.3 Å². The van der Waals surface area contributed by atoms with Crippen LogP contribution in [-0.2, 0) is 6.54 Å². The van der Waals surface area contributed by atoms with Crippen LogP contribution in [0.3, 0.4) is 0 Å². The van der Waals surface area contributed by atoms with Crippen LogP contribution in [0, 0.1) is 0 Å². The van der Waals surface area contributed by atoms with Crippen molar-refractivity contribution < 1.29 is 4.74 Å². The van der Waals surface area contributed by atoms with Crippen LogP contribution < -0.4 is 10.5 Å². The number of hydrogen-bond donors (Lipinski definition) is 1. The molecule has 0 aliphatic rings. The Labute approximate surface area is 129 Å². The second kappa shape index (κ2) is 6.03. The highest BCUT2D eigenvalue weighted by Gasteiger charge is 2.15. The van der Waals surface area contributed by atoms with Crippen molar-refractivity contribution in [1.29, 1.82) is 0 Å². The third kappa shape index (κ3) is 2.61. The molecule has 0 radical (unpaired) electrons. The van der Waals surface area contributed by atoms with Crippen molar-refractivity contribution in [2.24, 2.45) is 5.73 Å². The molecule has 3 aromatic rings. The number of imidazole rings is 1. The highest BCUT2D eigenvalue weighted by Crippen LogP contribution is 2.28. The van der Waals surface area contributed by atoms with Crippen LogP contribution in [0.5, 0.6) is 5.75 Å². The normalized spacial score (nSPS) is 10.8. The van der Waals surface area contributed by atoms with Crippen molar-refractivity contribution in [3.05, 3.63) is 66.5 Å². The van der Waals surface area contributed by atoms with E-state index in [1.165, 1.54) is 0 Å². The zero-order valence-corrected chi connectivity index (χ0v) is 12.6. The van der Waals surface area contributed by atoms with Crippen molar-refractivity contribution in [3.63, 3.8) is 0 Å². The first-order valence-electron chi connectivity index (χ1n) is 7.23. The Balaban J connectivity index is 2.15. The highest BCUT2D eigenvalue weighted by molar-refractivity contribution is 5.69. The Kier molecular flexibility index (Phi) is 3.94. The van der Waals surface area contributed by atoms with Gasteiger partial charge in [-0.15, -0.1) is 0 Å². The van der Waals surface area contributed by atoms with E-state index in [0.29, 0.717) is 13.2 Å². The van der Waals surface area contributed by atoms with Crippen LogP contribution in [-0.4, -0.2) is 16.0 Å². The lowest BCUT2D eigenvalue weighted by Gasteiger charge is -2.07. The molecule has 0 amide bonds. The topological polar surface area (TPSA) is 52.5 Å². The summed E-state index contributed by atoms with van der Waals surface area (Å²) in [6.07, 6.45) is 1.96. The quantitative estimate of drug-likeness (QED) is 0.733. The fraction of sp³-hybridized carbons (Fsp3) is 0.167. The van der Waals surface area contributed by atoms with Crippen LogP contribution in [0.25, 0.3) is 16.9 Å². The first kappa shape index (κ1) is 14.4. The van der Waals surface area contributed by atoms with Crippen LogP contribution in [0.15, 0.2) is 60.8 Å². The first-order valence-corrected chi connectivity index (χ1v) is 7.23. The Morgan fingerprint density at radius 3 is 2.68 bits per heavy atom. The molecule has 0 unspecified atom stereocenters. The zero-order chi connectivity index (χ0) is 15.5. The highest BCUT2D eigenvalue weighted by atomic mass is 16.5. The minimum atomic E-state index is 0.412. The fourth-order valence-electron chi connectivity index (χ4n) is 2.43. The van der Waals surface area contributed by atoms with E-state index < -0.39 is 0 Å². The molecule has 112 valence electrons. The van der Waals surface area contributed by atoms with Gasteiger partial charge in [-0.05, 0) is 24.6 Å². The molecule has 0 bridgehead atoms. The van der Waals surface area contributed by atoms with Crippen molar-refractivity contribution in [1.82, 2.24) is 9.38 Å². The molecule has 3 rings (SSSR count). The minimum Gasteiger partial charge on any atom is -0.485 e. The Morgan fingerprint density at radius 2 is 2.00 bits per heavy atom. The van der Waals surface area contributed by atoms with Crippen molar-refractivity contribution in [2.75, 3.05) is 6.61 Å². The third-order valence-corrected chi connectivity index (χ3v) is 3.43. The van der Waals surface area contributed by atoms with Crippen molar-refractivity contribution >= 4 is 5.65 Å². The second-order valence-corrected chi connectivity index (χ2v) is 5.29. The molecular weight excluding hydrogens is 274 g/mol. The van der Waals surface area contributed by atoms with E-state index in [0.717, 1.165) is 33.9 Å². The molecule has 0 atom stereocenters. The van der Waals surface area contributed by atoms with E-state index in [4.69, 9.17) is 15.5 Å². The fourth-order valence-corrected chi connectivity index (χ4v) is 2.43. The molecule has 0 aliphatic carbocycles. The summed E-state index contributed by atoms with van der Waals surface area (Å²) < 4.78 is 7.80. The Bertz CT molecular complexity index is 806. The number of nitrogens with two attached hydrogens (primary N) is 1. The predicted molar refractivity (Wildman–Crippen MR) is 88.8 cm³/mol. The maximum atomic E-state index is 5.96. The van der Waals surface area contributed by atoms with Gasteiger partial charge in [0.2, 0.25) is 0 Å². The van der Waals surface area contributed by atoms with Crippen molar-refractivity contribution in [2.45, 2.75) is 13.5 Å². The molecule has 2 aromatic heterocycles. The van der Waals surface area contributed by atoms with Gasteiger partial charge in [-0.2, -0.15) is 0 Å². The lowest BCUT2D eigenvalue weighted by Crippen LogP contribution is -2.03. The molecule has 0 fully saturated rings. The molecule has 4 heteroatoms. The average molecular weight is 293 g/mol. The van der Waals surface area contributed by atoms with E-state index in [-0.39, 0.29) is 0 Å². The molecule has 22 heavy (non-hydrogen) atoms. The van der Waals surface area contributed by atoms with E-state index in [1.54, 1.807) is 0 Å². The molecule has 4 nitrogen and oxygen atoms in total. The first-order chi connectivity index (χ1) is 10.7. The average Bonchev–Trinajstić information content (AvgIpc) is 2.92. The molecule has 2 N–H and O–H groups in total. The number of benzene rings is 1. The summed E-state index contributed by atoms with van der Waals surface area (Å²) in [6.45, 7) is 6.69. The molecule has 0 spiro atoms. The van der Waals surface area contributed by atoms with Crippen LogP contribution >= 0.6 is 0 Å². The van der Waals surface area contributed by atoms with E-state index in [2.05, 4.69) is 6.58 Å². The lowest BCUT2D eigenvalue weighted by atomic mass is 10.1. The predicted octanol–water partition coefficient (Wildman–Crippen LogP) is 3.41. The molecular formula is C18H19N3O. The summed E-state index contributed by atoms with van der Waals surface area (Å²) in [4.78, 5) is 4.76. The minimum absolute atomic E-state index is 0.412. The number of rotatable bonds is 5. The molecule has 2 heterocycles. The zero-order valence-electron chi connectivity index (χ0n) is 12.6. The Morgan fingerprint density at radius 1 is 1.23 bits per heavy atom. The van der Waals surface area contributed by atoms with Gasteiger partial charge in [0.15, 0.2) is 11.4 Å². The summed E-state index contributed by atoms with van der Waals surface area (Å²) in [5, 5.41) is 0. The molecule has 0 aliphatic heterocycles. The largest absolute Gasteiger partial charge is 0.485 e. The molecule has 0 saturated heterocycles. The van der Waals surface area contributed by atoms with Gasteiger partial charge in [0.05, 0.1) is 11.4 Å². The smallest absolute Gasteiger partial charge is 0.180 e. The van der Waals surface area contributed by atoms with Gasteiger partial charge in [0.25, 0.3) is 0 Å². The molecule has 0 saturated carbocycles. The van der Waals surface area contributed by atoms with Crippen LogP contribution in [0.2, 0.25) is 0 Å². The maximum absolute atomic E-state index is 5.96. The van der Waals surface area contributed by atoms with Crippen molar-refractivity contribution in [3.8, 4) is 17.0 Å². The number of hydrogen-bond acceptors (Lipinski definition) is 3. The van der Waals surface area contributed by atoms with Gasteiger partial charge in [0.1, 0.15) is 6.61 Å². The number of aromatic nitrogens is 2. The summed E-state index contributed by atoms with van der Waals surface area (Å²) in [6, 6.07) is 13.9. The van der Waals surface area contributed by atoms with Gasteiger partial charge in [-0.3, -0.25) is 4.40 Å². The second-order valence-electron chi connectivity index (χ2n) is 5.29. The van der Waals surface area contributed by atoms with E-state index in [9.17, 15) is 0 Å². The summed E-state index contributed by atoms with van der Waals surface area (Å²) in [7, 11) is 0. The standard InChI is InChI=1S/C18H19N3O/c1-13(2)12-22-16-9-6-10-21-15(11-19)17(20-18(16)21)14-7-4-3-5-8-14/h3-10H,1,11-12,19H2,2H3. The maximum Gasteiger partial charge on any atom is 0.180 e. The summed E-state index contributed by atoms with van der Waals surface area (Å²) in [5.41, 5.74) is 10.6. The lowest BCUT2D eigenvalue weighted by molar-refractivity contribution is 0.354. The van der Waals surface area contributed by atoms with E-state index in [1.807, 2.05) is 60.0 Å². The van der Waals surface area contributed by atoms with Crippen LogP contribution in [0.1, 0.15) is 12.6 Å². The third-order valence-electron chi connectivity index (χ3n) is 3.43. The Hall–Kier alpha value is -2.59. The van der Waals surface area contributed by atoms with Gasteiger partial charge in [-0.25, -0.2) is 4.98 Å². The number of ether oxygens (including phenoxy) is 1. The van der Waals surface area contributed by atoms with Gasteiger partial charge in [-0.1, -0.05) is 36.9 Å². The van der Waals surface area contributed by atoms with E-state index >= 15 is 0 Å². The SMILES string of the molecule is C=C(C)COc1cccn2c(CN)c(-c3ccccc3)nc12. The van der Waals surface area contributed by atoms with Crippen LogP contribution in [0.4, 0.5) is 0 Å². The monoisotopic (exact) mass is 293 g/mol. The summed E-state index contributed by atoms with van der Waals surface area (Å²) in [5.74, 6) is 0.738. The number of fused-ring (bicyclic) bond motifs is 1. The number of pyridine rings is 1. The summed E-state index contributed by atoms with van der Waals surface area (Å²) >= 11 is 0.